The third-order valence-corrected chi connectivity index (χ3v) is 6.47. The number of benzene rings is 2. The summed E-state index contributed by atoms with van der Waals surface area (Å²) in [7, 11) is 0. The molecule has 0 N–H and O–H groups in total. The van der Waals surface area contributed by atoms with Crippen LogP contribution in [0.3, 0.4) is 0 Å². The Morgan fingerprint density at radius 3 is 2.52 bits per heavy atom. The highest BCUT2D eigenvalue weighted by Crippen LogP contribution is 2.39. The molecule has 10 heteroatoms. The van der Waals surface area contributed by atoms with Crippen molar-refractivity contribution in [1.29, 1.82) is 0 Å². The van der Waals surface area contributed by atoms with Gasteiger partial charge in [0, 0.05) is 43.4 Å². The first-order chi connectivity index (χ1) is 16.0. The first-order valence-corrected chi connectivity index (χ1v) is 11.5. The van der Waals surface area contributed by atoms with Crippen LogP contribution in [0.2, 0.25) is 0 Å². The van der Waals surface area contributed by atoms with Gasteiger partial charge in [-0.15, -0.1) is 0 Å². The molecule has 2 heterocycles. The molecule has 4 rings (SSSR count). The molecule has 0 unspecified atom stereocenters. The zero-order valence-corrected chi connectivity index (χ0v) is 19.2. The second kappa shape index (κ2) is 9.97. The highest BCUT2D eigenvalue weighted by Gasteiger charge is 2.21. The van der Waals surface area contributed by atoms with Crippen LogP contribution in [0.1, 0.15) is 19.4 Å². The molecule has 0 saturated carbocycles. The molecule has 0 spiro atoms. The fourth-order valence-corrected chi connectivity index (χ4v) is 4.47. The van der Waals surface area contributed by atoms with Crippen molar-refractivity contribution in [2.45, 2.75) is 13.8 Å². The number of thiazole rings is 1. The van der Waals surface area contributed by atoms with Crippen LogP contribution in [0.4, 0.5) is 10.8 Å². The quantitative estimate of drug-likeness (QED) is 0.262. The van der Waals surface area contributed by atoms with Crippen molar-refractivity contribution in [3.63, 3.8) is 0 Å². The lowest BCUT2D eigenvalue weighted by atomic mass is 10.2. The Labute approximate surface area is 195 Å². The van der Waals surface area contributed by atoms with Crippen molar-refractivity contribution in [3.05, 3.63) is 58.2 Å². The number of rotatable bonds is 9. The van der Waals surface area contributed by atoms with E-state index < -0.39 is 4.92 Å². The van der Waals surface area contributed by atoms with Crippen LogP contribution in [0.5, 0.6) is 11.5 Å². The molecule has 1 aromatic heterocycles. The van der Waals surface area contributed by atoms with Gasteiger partial charge in [-0.1, -0.05) is 25.2 Å². The van der Waals surface area contributed by atoms with Crippen molar-refractivity contribution in [1.82, 2.24) is 9.88 Å². The number of likely N-dealkylation sites (N-methyl/N-ethyl adjacent to an activating group) is 1. The number of carbonyl (C=O) groups is 1. The van der Waals surface area contributed by atoms with E-state index in [0.717, 1.165) is 23.3 Å². The zero-order valence-electron chi connectivity index (χ0n) is 18.4. The molecule has 0 fully saturated rings. The number of hydrogen-bond acceptors (Lipinski definition) is 8. The van der Waals surface area contributed by atoms with E-state index in [4.69, 9.17) is 9.47 Å². The van der Waals surface area contributed by atoms with Crippen LogP contribution in [0, 0.1) is 10.1 Å². The molecule has 0 atom stereocenters. The lowest BCUT2D eigenvalue weighted by Crippen LogP contribution is -2.38. The number of aromatic nitrogens is 1. The van der Waals surface area contributed by atoms with Gasteiger partial charge >= 0.3 is 0 Å². The monoisotopic (exact) mass is 468 g/mol. The van der Waals surface area contributed by atoms with Gasteiger partial charge in [-0.25, -0.2) is 4.98 Å². The van der Waals surface area contributed by atoms with Gasteiger partial charge in [0.15, 0.2) is 16.6 Å². The van der Waals surface area contributed by atoms with Crippen LogP contribution < -0.4 is 14.4 Å². The summed E-state index contributed by atoms with van der Waals surface area (Å²) in [6.45, 7) is 7.34. The Hall–Kier alpha value is -3.50. The molecule has 3 aromatic rings. The van der Waals surface area contributed by atoms with E-state index in [9.17, 15) is 14.9 Å². The second-order valence-corrected chi connectivity index (χ2v) is 8.38. The first-order valence-electron chi connectivity index (χ1n) is 10.6. The third-order valence-electron chi connectivity index (χ3n) is 5.42. The summed E-state index contributed by atoms with van der Waals surface area (Å²) in [4.78, 5) is 32.2. The maximum atomic E-state index is 13.2. The Kier molecular flexibility index (Phi) is 6.85. The van der Waals surface area contributed by atoms with Gasteiger partial charge in [0.05, 0.1) is 15.1 Å². The van der Waals surface area contributed by atoms with Crippen LogP contribution in [-0.4, -0.2) is 53.7 Å². The van der Waals surface area contributed by atoms with Crippen LogP contribution in [0.25, 0.3) is 16.3 Å². The molecule has 0 radical (unpaired) electrons. The van der Waals surface area contributed by atoms with Crippen LogP contribution in [0.15, 0.2) is 42.5 Å². The van der Waals surface area contributed by atoms with E-state index in [1.54, 1.807) is 23.1 Å². The van der Waals surface area contributed by atoms with Gasteiger partial charge in [0.25, 0.3) is 11.6 Å². The minimum Gasteiger partial charge on any atom is -0.454 e. The fourth-order valence-electron chi connectivity index (χ4n) is 3.47. The summed E-state index contributed by atoms with van der Waals surface area (Å²) in [5.74, 6) is 1.12. The number of amides is 1. The zero-order chi connectivity index (χ0) is 23.4. The summed E-state index contributed by atoms with van der Waals surface area (Å²) in [6, 6.07) is 9.77. The lowest BCUT2D eigenvalue weighted by molar-refractivity contribution is -0.384. The summed E-state index contributed by atoms with van der Waals surface area (Å²) in [5, 5.41) is 11.4. The average Bonchev–Trinajstić information content (AvgIpc) is 3.44. The van der Waals surface area contributed by atoms with E-state index in [2.05, 4.69) is 23.7 Å². The average molecular weight is 469 g/mol. The van der Waals surface area contributed by atoms with Crippen LogP contribution >= 0.6 is 11.3 Å². The standard InChI is InChI=1S/C23H24N4O5S/c1-3-25(4-2)11-12-26(22(28)10-7-16-5-8-17(9-6-16)27(29)30)23-24-18-13-19-20(32-15-31-19)14-21(18)33-23/h5-10,13-14H,3-4,11-12,15H2,1-2H3. The van der Waals surface area contributed by atoms with E-state index >= 15 is 0 Å². The molecule has 0 bridgehead atoms. The van der Waals surface area contributed by atoms with Crippen molar-refractivity contribution in [2.24, 2.45) is 0 Å². The summed E-state index contributed by atoms with van der Waals surface area (Å²) in [6.07, 6.45) is 3.13. The molecule has 0 aliphatic carbocycles. The Morgan fingerprint density at radius 1 is 1.15 bits per heavy atom. The number of nitro groups is 1. The van der Waals surface area contributed by atoms with E-state index in [1.165, 1.54) is 29.5 Å². The molecule has 1 aliphatic rings. The van der Waals surface area contributed by atoms with Crippen LogP contribution in [-0.2, 0) is 4.79 Å². The number of anilines is 1. The Balaban J connectivity index is 1.59. The van der Waals surface area contributed by atoms with Gasteiger partial charge < -0.3 is 14.4 Å². The minimum absolute atomic E-state index is 0.00802. The predicted octanol–water partition coefficient (Wildman–Crippen LogP) is 4.32. The van der Waals surface area contributed by atoms with Gasteiger partial charge in [0.2, 0.25) is 6.79 Å². The molecule has 2 aromatic carbocycles. The van der Waals surface area contributed by atoms with Crippen molar-refractivity contribution in [2.75, 3.05) is 37.9 Å². The van der Waals surface area contributed by atoms with Crippen molar-refractivity contribution in [3.8, 4) is 11.5 Å². The SMILES string of the molecule is CCN(CC)CCN(C(=O)C=Cc1ccc([N+](=O)[O-])cc1)c1nc2cc3c(cc2s1)OCO3. The van der Waals surface area contributed by atoms with Crippen molar-refractivity contribution < 1.29 is 19.2 Å². The van der Waals surface area contributed by atoms with Gasteiger partial charge in [0.1, 0.15) is 0 Å². The third kappa shape index (κ3) is 5.12. The minimum atomic E-state index is -0.452. The largest absolute Gasteiger partial charge is 0.454 e. The highest BCUT2D eigenvalue weighted by atomic mass is 32.1. The van der Waals surface area contributed by atoms with Crippen molar-refractivity contribution >= 4 is 44.4 Å². The molecule has 9 nitrogen and oxygen atoms in total. The number of carbonyl (C=O) groups excluding carboxylic acids is 1. The lowest BCUT2D eigenvalue weighted by Gasteiger charge is -2.23. The topological polar surface area (TPSA) is 98.0 Å². The van der Waals surface area contributed by atoms with E-state index in [1.807, 2.05) is 12.1 Å². The maximum Gasteiger partial charge on any atom is 0.269 e. The molecular formula is C23H24N4O5S. The number of ether oxygens (including phenoxy) is 2. The molecular weight excluding hydrogens is 444 g/mol. The molecule has 172 valence electrons. The van der Waals surface area contributed by atoms with Gasteiger partial charge in [-0.3, -0.25) is 19.8 Å². The number of hydrogen-bond donors (Lipinski definition) is 0. The normalized spacial score (nSPS) is 12.7. The second-order valence-electron chi connectivity index (χ2n) is 7.37. The van der Waals surface area contributed by atoms with E-state index in [0.29, 0.717) is 35.3 Å². The Bertz CT molecular complexity index is 1150. The van der Waals surface area contributed by atoms with E-state index in [-0.39, 0.29) is 18.4 Å². The number of fused-ring (bicyclic) bond motifs is 2. The summed E-state index contributed by atoms with van der Waals surface area (Å²) < 4.78 is 11.8. The summed E-state index contributed by atoms with van der Waals surface area (Å²) in [5.41, 5.74) is 1.46. The summed E-state index contributed by atoms with van der Waals surface area (Å²) >= 11 is 1.42. The smallest absolute Gasteiger partial charge is 0.269 e. The maximum absolute atomic E-state index is 13.2. The Morgan fingerprint density at radius 2 is 1.85 bits per heavy atom. The number of non-ortho nitro benzene ring substituents is 1. The molecule has 0 saturated heterocycles. The predicted molar refractivity (Wildman–Crippen MR) is 128 cm³/mol. The first kappa shape index (κ1) is 22.7. The van der Waals surface area contributed by atoms with Gasteiger partial charge in [-0.2, -0.15) is 0 Å². The van der Waals surface area contributed by atoms with Gasteiger partial charge in [-0.05, 0) is 36.9 Å². The highest BCUT2D eigenvalue weighted by molar-refractivity contribution is 7.22. The molecule has 1 aliphatic heterocycles. The fraction of sp³-hybridized carbons (Fsp3) is 0.304. The number of nitrogens with zero attached hydrogens (tertiary/aromatic N) is 4. The number of nitro benzene ring substituents is 1. The molecule has 1 amide bonds. The molecule has 33 heavy (non-hydrogen) atoms.